The molecule has 1 aromatic carbocycles. The maximum Gasteiger partial charge on any atom is 0.441 e. The van der Waals surface area contributed by atoms with Crippen LogP contribution in [0.2, 0.25) is 0 Å². The van der Waals surface area contributed by atoms with E-state index < -0.39 is 17.7 Å². The van der Waals surface area contributed by atoms with Crippen LogP contribution in [0.1, 0.15) is 6.42 Å². The molecule has 0 aliphatic carbocycles. The summed E-state index contributed by atoms with van der Waals surface area (Å²) in [5.41, 5.74) is 5.51. The molecule has 8 heteroatoms. The SMILES string of the molecule is NC(=O)NC(=O)CCn1c(-c2ccccc2)noc1=O. The summed E-state index contributed by atoms with van der Waals surface area (Å²) in [6, 6.07) is 7.99. The minimum Gasteiger partial charge on any atom is -0.351 e. The predicted molar refractivity (Wildman–Crippen MR) is 68.5 cm³/mol. The number of urea groups is 1. The monoisotopic (exact) mass is 276 g/mol. The van der Waals surface area contributed by atoms with Gasteiger partial charge < -0.3 is 5.73 Å². The number of primary amides is 1. The van der Waals surface area contributed by atoms with Gasteiger partial charge in [-0.25, -0.2) is 9.59 Å². The Balaban J connectivity index is 2.17. The second-order valence-electron chi connectivity index (χ2n) is 3.95. The van der Waals surface area contributed by atoms with Crippen molar-refractivity contribution in [3.63, 3.8) is 0 Å². The van der Waals surface area contributed by atoms with Crippen LogP contribution in [0.3, 0.4) is 0 Å². The molecular formula is C12H12N4O4. The van der Waals surface area contributed by atoms with Crippen LogP contribution in [-0.2, 0) is 11.3 Å². The average molecular weight is 276 g/mol. The minimum absolute atomic E-state index is 0.0334. The highest BCUT2D eigenvalue weighted by Gasteiger charge is 2.14. The third-order valence-corrected chi connectivity index (χ3v) is 2.54. The predicted octanol–water partition coefficient (Wildman–Crippen LogP) is 0.0883. The summed E-state index contributed by atoms with van der Waals surface area (Å²) in [6.45, 7) is 0.0334. The lowest BCUT2D eigenvalue weighted by Crippen LogP contribution is -2.35. The van der Waals surface area contributed by atoms with Gasteiger partial charge in [-0.15, -0.1) is 0 Å². The second kappa shape index (κ2) is 5.83. The molecule has 0 saturated carbocycles. The molecule has 0 fully saturated rings. The van der Waals surface area contributed by atoms with E-state index in [0.717, 1.165) is 0 Å². The third-order valence-electron chi connectivity index (χ3n) is 2.54. The first-order valence-corrected chi connectivity index (χ1v) is 5.79. The maximum absolute atomic E-state index is 11.6. The summed E-state index contributed by atoms with van der Waals surface area (Å²) in [5.74, 6) is -0.928. The Morgan fingerprint density at radius 1 is 1.30 bits per heavy atom. The first-order valence-electron chi connectivity index (χ1n) is 5.79. The quantitative estimate of drug-likeness (QED) is 0.819. The zero-order chi connectivity index (χ0) is 14.5. The van der Waals surface area contributed by atoms with Crippen molar-refractivity contribution in [2.75, 3.05) is 0 Å². The highest BCUT2D eigenvalue weighted by atomic mass is 16.5. The summed E-state index contributed by atoms with van der Waals surface area (Å²) in [5, 5.41) is 5.59. The maximum atomic E-state index is 11.6. The van der Waals surface area contributed by atoms with Crippen LogP contribution < -0.4 is 16.8 Å². The second-order valence-corrected chi connectivity index (χ2v) is 3.95. The van der Waals surface area contributed by atoms with Crippen molar-refractivity contribution in [2.24, 2.45) is 5.73 Å². The molecule has 0 unspecified atom stereocenters. The fourth-order valence-corrected chi connectivity index (χ4v) is 1.67. The first-order chi connectivity index (χ1) is 9.58. The van der Waals surface area contributed by atoms with Gasteiger partial charge in [0.25, 0.3) is 0 Å². The first kappa shape index (κ1) is 13.5. The van der Waals surface area contributed by atoms with Crippen LogP contribution in [-0.4, -0.2) is 21.7 Å². The van der Waals surface area contributed by atoms with Gasteiger partial charge >= 0.3 is 11.8 Å². The van der Waals surface area contributed by atoms with E-state index >= 15 is 0 Å². The Morgan fingerprint density at radius 3 is 2.65 bits per heavy atom. The van der Waals surface area contributed by atoms with Crippen LogP contribution in [0.15, 0.2) is 39.6 Å². The number of carbonyl (C=O) groups excluding carboxylic acids is 2. The molecule has 2 rings (SSSR count). The molecule has 0 aliphatic rings. The van der Waals surface area contributed by atoms with Crippen LogP contribution in [0.4, 0.5) is 4.79 Å². The van der Waals surface area contributed by atoms with Gasteiger partial charge in [0.15, 0.2) is 5.82 Å². The molecule has 0 aliphatic heterocycles. The molecule has 0 spiro atoms. The Labute approximate surface area is 113 Å². The molecule has 2 aromatic rings. The Hall–Kier alpha value is -2.90. The van der Waals surface area contributed by atoms with E-state index in [9.17, 15) is 14.4 Å². The molecule has 1 heterocycles. The van der Waals surface area contributed by atoms with Gasteiger partial charge in [-0.1, -0.05) is 35.5 Å². The molecule has 20 heavy (non-hydrogen) atoms. The number of amides is 3. The van der Waals surface area contributed by atoms with E-state index in [4.69, 9.17) is 5.73 Å². The van der Waals surface area contributed by atoms with Gasteiger partial charge in [-0.2, -0.15) is 0 Å². The topological polar surface area (TPSA) is 120 Å². The summed E-state index contributed by atoms with van der Waals surface area (Å²) in [4.78, 5) is 33.4. The summed E-state index contributed by atoms with van der Waals surface area (Å²) in [7, 11) is 0. The van der Waals surface area contributed by atoms with E-state index in [1.807, 2.05) is 11.4 Å². The molecule has 0 bridgehead atoms. The molecule has 104 valence electrons. The number of nitrogens with two attached hydrogens (primary N) is 1. The summed E-state index contributed by atoms with van der Waals surface area (Å²) < 4.78 is 5.82. The third kappa shape index (κ3) is 3.10. The molecular weight excluding hydrogens is 264 g/mol. The molecule has 0 atom stereocenters. The standard InChI is InChI=1S/C12H12N4O4/c13-11(18)14-9(17)6-7-16-10(15-20-12(16)19)8-4-2-1-3-5-8/h1-5H,6-7H2,(H3,13,14,17,18). The van der Waals surface area contributed by atoms with E-state index in [2.05, 4.69) is 9.68 Å². The van der Waals surface area contributed by atoms with Crippen LogP contribution in [0.5, 0.6) is 0 Å². The number of hydrogen-bond acceptors (Lipinski definition) is 5. The number of imide groups is 1. The van der Waals surface area contributed by atoms with Crippen LogP contribution >= 0.6 is 0 Å². The summed E-state index contributed by atoms with van der Waals surface area (Å²) in [6.07, 6.45) is -0.0934. The van der Waals surface area contributed by atoms with E-state index in [0.29, 0.717) is 11.4 Å². The number of hydrogen-bond donors (Lipinski definition) is 2. The number of rotatable bonds is 4. The number of benzene rings is 1. The lowest BCUT2D eigenvalue weighted by Gasteiger charge is -2.04. The van der Waals surface area contributed by atoms with Crippen molar-refractivity contribution >= 4 is 11.9 Å². The van der Waals surface area contributed by atoms with Gasteiger partial charge in [-0.05, 0) is 0 Å². The highest BCUT2D eigenvalue weighted by molar-refractivity contribution is 5.93. The van der Waals surface area contributed by atoms with Crippen molar-refractivity contribution in [3.8, 4) is 11.4 Å². The molecule has 3 N–H and O–H groups in total. The average Bonchev–Trinajstić information content (AvgIpc) is 2.78. The zero-order valence-corrected chi connectivity index (χ0v) is 10.4. The molecule has 0 saturated heterocycles. The zero-order valence-electron chi connectivity index (χ0n) is 10.4. The Morgan fingerprint density at radius 2 is 2.00 bits per heavy atom. The largest absolute Gasteiger partial charge is 0.441 e. The fourth-order valence-electron chi connectivity index (χ4n) is 1.67. The van der Waals surface area contributed by atoms with E-state index in [1.165, 1.54) is 4.57 Å². The summed E-state index contributed by atoms with van der Waals surface area (Å²) >= 11 is 0. The number of nitrogens with zero attached hydrogens (tertiary/aromatic N) is 2. The highest BCUT2D eigenvalue weighted by Crippen LogP contribution is 2.14. The van der Waals surface area contributed by atoms with Crippen LogP contribution in [0, 0.1) is 0 Å². The lowest BCUT2D eigenvalue weighted by atomic mass is 10.2. The fraction of sp³-hybridized carbons (Fsp3) is 0.167. The molecule has 8 nitrogen and oxygen atoms in total. The normalized spacial score (nSPS) is 10.2. The van der Waals surface area contributed by atoms with Crippen LogP contribution in [0.25, 0.3) is 11.4 Å². The smallest absolute Gasteiger partial charge is 0.351 e. The Kier molecular flexibility index (Phi) is 3.94. The number of carbonyl (C=O) groups is 2. The van der Waals surface area contributed by atoms with E-state index in [-0.39, 0.29) is 13.0 Å². The molecule has 1 aromatic heterocycles. The molecule has 3 amide bonds. The van der Waals surface area contributed by atoms with Gasteiger partial charge in [0.05, 0.1) is 0 Å². The van der Waals surface area contributed by atoms with Gasteiger partial charge in [-0.3, -0.25) is 19.2 Å². The van der Waals surface area contributed by atoms with Crippen molar-refractivity contribution in [3.05, 3.63) is 40.9 Å². The van der Waals surface area contributed by atoms with Crippen molar-refractivity contribution < 1.29 is 14.1 Å². The van der Waals surface area contributed by atoms with Crippen molar-refractivity contribution in [1.82, 2.24) is 15.0 Å². The Bertz CT molecular complexity index is 674. The van der Waals surface area contributed by atoms with Gasteiger partial charge in [0.2, 0.25) is 5.91 Å². The van der Waals surface area contributed by atoms with E-state index in [1.54, 1.807) is 24.3 Å². The minimum atomic E-state index is -0.934. The van der Waals surface area contributed by atoms with Gasteiger partial charge in [0.1, 0.15) is 0 Å². The number of aromatic nitrogens is 2. The van der Waals surface area contributed by atoms with Crippen molar-refractivity contribution in [2.45, 2.75) is 13.0 Å². The van der Waals surface area contributed by atoms with Gasteiger partial charge in [0, 0.05) is 18.5 Å². The van der Waals surface area contributed by atoms with Crippen molar-refractivity contribution in [1.29, 1.82) is 0 Å². The number of nitrogens with one attached hydrogen (secondary N) is 1. The molecule has 0 radical (unpaired) electrons. The lowest BCUT2D eigenvalue weighted by molar-refractivity contribution is -0.120.